The lowest BCUT2D eigenvalue weighted by Crippen LogP contribution is -2.49. The van der Waals surface area contributed by atoms with Crippen LogP contribution in [0.15, 0.2) is 0 Å². The van der Waals surface area contributed by atoms with Crippen LogP contribution < -0.4 is 15.4 Å². The number of hydrogen-bond donors (Lipinski definition) is 3. The maximum Gasteiger partial charge on any atom is 0.237 e. The van der Waals surface area contributed by atoms with Gasteiger partial charge in [0.15, 0.2) is 0 Å². The van der Waals surface area contributed by atoms with E-state index in [0.29, 0.717) is 12.5 Å². The van der Waals surface area contributed by atoms with Gasteiger partial charge in [-0.05, 0) is 25.3 Å². The summed E-state index contributed by atoms with van der Waals surface area (Å²) in [6.45, 7) is 5.22. The average Bonchev–Trinajstić information content (AvgIpc) is 2.28. The molecule has 0 radical (unpaired) electrons. The van der Waals surface area contributed by atoms with Crippen molar-refractivity contribution in [3.63, 3.8) is 0 Å². The molecule has 6 nitrogen and oxygen atoms in total. The first kappa shape index (κ1) is 15.4. The first-order chi connectivity index (χ1) is 8.44. The minimum absolute atomic E-state index is 0.0746. The summed E-state index contributed by atoms with van der Waals surface area (Å²) in [7, 11) is -3.25. The van der Waals surface area contributed by atoms with Crippen molar-refractivity contribution in [3.05, 3.63) is 0 Å². The smallest absolute Gasteiger partial charge is 0.237 e. The number of carbonyl (C=O) groups is 1. The molecule has 2 atom stereocenters. The molecule has 0 aromatic carbocycles. The maximum atomic E-state index is 11.8. The normalized spacial score (nSPS) is 24.8. The standard InChI is InChI=1S/C11H23N3O3S/c1-3-14-18(16,17)7-6-13-11(15)10-8-9(2)4-5-12-10/h9-10,12,14H,3-8H2,1-2H3,(H,13,15). The molecule has 1 rings (SSSR count). The fourth-order valence-corrected chi connectivity index (χ4v) is 2.99. The van der Waals surface area contributed by atoms with E-state index in [2.05, 4.69) is 22.3 Å². The van der Waals surface area contributed by atoms with Gasteiger partial charge in [0.05, 0.1) is 11.8 Å². The highest BCUT2D eigenvalue weighted by atomic mass is 32.2. The first-order valence-electron chi connectivity index (χ1n) is 6.43. The number of carbonyl (C=O) groups excluding carboxylic acids is 1. The van der Waals surface area contributed by atoms with Gasteiger partial charge in [0.1, 0.15) is 0 Å². The Morgan fingerprint density at radius 2 is 2.17 bits per heavy atom. The van der Waals surface area contributed by atoms with E-state index in [0.717, 1.165) is 19.4 Å². The monoisotopic (exact) mass is 277 g/mol. The third-order valence-electron chi connectivity index (χ3n) is 3.02. The highest BCUT2D eigenvalue weighted by Crippen LogP contribution is 2.14. The second kappa shape index (κ2) is 7.06. The quantitative estimate of drug-likeness (QED) is 0.607. The van der Waals surface area contributed by atoms with Crippen molar-refractivity contribution < 1.29 is 13.2 Å². The van der Waals surface area contributed by atoms with Gasteiger partial charge in [0, 0.05) is 13.1 Å². The molecule has 2 unspecified atom stereocenters. The van der Waals surface area contributed by atoms with Gasteiger partial charge in [0.2, 0.25) is 15.9 Å². The largest absolute Gasteiger partial charge is 0.354 e. The number of amides is 1. The number of rotatable bonds is 6. The van der Waals surface area contributed by atoms with Gasteiger partial charge in [-0.25, -0.2) is 13.1 Å². The van der Waals surface area contributed by atoms with Crippen molar-refractivity contribution in [1.29, 1.82) is 0 Å². The lowest BCUT2D eigenvalue weighted by Gasteiger charge is -2.27. The summed E-state index contributed by atoms with van der Waals surface area (Å²) >= 11 is 0. The summed E-state index contributed by atoms with van der Waals surface area (Å²) in [6.07, 6.45) is 1.89. The predicted molar refractivity (Wildman–Crippen MR) is 70.7 cm³/mol. The molecular weight excluding hydrogens is 254 g/mol. The van der Waals surface area contributed by atoms with E-state index in [9.17, 15) is 13.2 Å². The molecular formula is C11H23N3O3S. The van der Waals surface area contributed by atoms with Crippen molar-refractivity contribution in [2.45, 2.75) is 32.7 Å². The van der Waals surface area contributed by atoms with Crippen LogP contribution in [0.3, 0.4) is 0 Å². The van der Waals surface area contributed by atoms with E-state index in [1.807, 2.05) is 0 Å². The van der Waals surface area contributed by atoms with Gasteiger partial charge in [-0.3, -0.25) is 4.79 Å². The van der Waals surface area contributed by atoms with E-state index in [-0.39, 0.29) is 24.2 Å². The summed E-state index contributed by atoms with van der Waals surface area (Å²) in [6, 6.07) is -0.185. The van der Waals surface area contributed by atoms with Crippen LogP contribution in [0.5, 0.6) is 0 Å². The zero-order chi connectivity index (χ0) is 13.6. The van der Waals surface area contributed by atoms with Crippen LogP contribution >= 0.6 is 0 Å². The molecule has 3 N–H and O–H groups in total. The van der Waals surface area contributed by atoms with Crippen LogP contribution in [0.4, 0.5) is 0 Å². The Morgan fingerprint density at radius 1 is 1.44 bits per heavy atom. The molecule has 1 saturated heterocycles. The molecule has 1 heterocycles. The highest BCUT2D eigenvalue weighted by Gasteiger charge is 2.24. The number of piperidine rings is 1. The average molecular weight is 277 g/mol. The van der Waals surface area contributed by atoms with Crippen LogP contribution in [0.1, 0.15) is 26.7 Å². The summed E-state index contributed by atoms with van der Waals surface area (Å²) in [5.41, 5.74) is 0. The molecule has 0 bridgehead atoms. The highest BCUT2D eigenvalue weighted by molar-refractivity contribution is 7.89. The van der Waals surface area contributed by atoms with Crippen LogP contribution in [-0.4, -0.2) is 45.8 Å². The van der Waals surface area contributed by atoms with E-state index >= 15 is 0 Å². The molecule has 1 aliphatic heterocycles. The zero-order valence-corrected chi connectivity index (χ0v) is 11.8. The van der Waals surface area contributed by atoms with Gasteiger partial charge >= 0.3 is 0 Å². The molecule has 0 aromatic heterocycles. The van der Waals surface area contributed by atoms with Crippen molar-refractivity contribution >= 4 is 15.9 Å². The van der Waals surface area contributed by atoms with E-state index < -0.39 is 10.0 Å². The summed E-state index contributed by atoms with van der Waals surface area (Å²) in [5, 5.41) is 5.81. The fourth-order valence-electron chi connectivity index (χ4n) is 2.03. The lowest BCUT2D eigenvalue weighted by atomic mass is 9.94. The zero-order valence-electron chi connectivity index (χ0n) is 11.0. The second-order valence-corrected chi connectivity index (χ2v) is 6.67. The Labute approximate surface area is 109 Å². The van der Waals surface area contributed by atoms with Gasteiger partial charge in [-0.1, -0.05) is 13.8 Å². The fraction of sp³-hybridized carbons (Fsp3) is 0.909. The van der Waals surface area contributed by atoms with Gasteiger partial charge in [-0.15, -0.1) is 0 Å². The SMILES string of the molecule is CCNS(=O)(=O)CCNC(=O)C1CC(C)CCN1. The summed E-state index contributed by atoms with van der Waals surface area (Å²) in [5.74, 6) is 0.357. The van der Waals surface area contributed by atoms with Crippen LogP contribution in [0, 0.1) is 5.92 Å². The minimum Gasteiger partial charge on any atom is -0.354 e. The maximum absolute atomic E-state index is 11.8. The van der Waals surface area contributed by atoms with Gasteiger partial charge in [-0.2, -0.15) is 0 Å². The molecule has 18 heavy (non-hydrogen) atoms. The third kappa shape index (κ3) is 5.32. The Balaban J connectivity index is 2.29. The number of sulfonamides is 1. The van der Waals surface area contributed by atoms with Crippen LogP contribution in [0.25, 0.3) is 0 Å². The molecule has 1 fully saturated rings. The number of hydrogen-bond acceptors (Lipinski definition) is 4. The van der Waals surface area contributed by atoms with Gasteiger partial charge < -0.3 is 10.6 Å². The topological polar surface area (TPSA) is 87.3 Å². The van der Waals surface area contributed by atoms with Crippen LogP contribution in [0.2, 0.25) is 0 Å². The van der Waals surface area contributed by atoms with Gasteiger partial charge in [0.25, 0.3) is 0 Å². The number of nitrogens with one attached hydrogen (secondary N) is 3. The van der Waals surface area contributed by atoms with Crippen molar-refractivity contribution in [1.82, 2.24) is 15.4 Å². The molecule has 1 amide bonds. The van der Waals surface area contributed by atoms with Crippen molar-refractivity contribution in [3.8, 4) is 0 Å². The molecule has 1 aliphatic rings. The second-order valence-electron chi connectivity index (χ2n) is 4.74. The molecule has 0 spiro atoms. The first-order valence-corrected chi connectivity index (χ1v) is 8.08. The molecule has 0 aromatic rings. The molecule has 0 saturated carbocycles. The Kier molecular flexibility index (Phi) is 6.04. The summed E-state index contributed by atoms with van der Waals surface area (Å²) in [4.78, 5) is 11.8. The Bertz CT molecular complexity index is 370. The lowest BCUT2D eigenvalue weighted by molar-refractivity contribution is -0.123. The Morgan fingerprint density at radius 3 is 2.78 bits per heavy atom. The van der Waals surface area contributed by atoms with Crippen molar-refractivity contribution in [2.24, 2.45) is 5.92 Å². The van der Waals surface area contributed by atoms with Crippen LogP contribution in [-0.2, 0) is 14.8 Å². The third-order valence-corrected chi connectivity index (χ3v) is 4.49. The minimum atomic E-state index is -3.25. The van der Waals surface area contributed by atoms with E-state index in [4.69, 9.17) is 0 Å². The predicted octanol–water partition coefficient (Wildman–Crippen LogP) is -0.570. The Hall–Kier alpha value is -0.660. The molecule has 0 aliphatic carbocycles. The molecule has 106 valence electrons. The van der Waals surface area contributed by atoms with Crippen molar-refractivity contribution in [2.75, 3.05) is 25.4 Å². The molecule has 7 heteroatoms. The van der Waals surface area contributed by atoms with E-state index in [1.165, 1.54) is 0 Å². The van der Waals surface area contributed by atoms with E-state index in [1.54, 1.807) is 6.92 Å². The summed E-state index contributed by atoms with van der Waals surface area (Å²) < 4.78 is 25.1.